The van der Waals surface area contributed by atoms with Crippen LogP contribution in [0.4, 0.5) is 0 Å². The van der Waals surface area contributed by atoms with Crippen molar-refractivity contribution < 1.29 is 44.2 Å². The van der Waals surface area contributed by atoms with Gasteiger partial charge in [-0.25, -0.2) is 0 Å². The number of carbonyl (C=O) groups is 1. The van der Waals surface area contributed by atoms with Gasteiger partial charge >= 0.3 is 29.6 Å². The van der Waals surface area contributed by atoms with Crippen LogP contribution in [0.5, 0.6) is 5.75 Å². The van der Waals surface area contributed by atoms with Crippen molar-refractivity contribution in [2.75, 3.05) is 0 Å². The predicted molar refractivity (Wildman–Crippen MR) is 50.8 cm³/mol. The second kappa shape index (κ2) is 7.74. The van der Waals surface area contributed by atoms with Crippen LogP contribution in [0.2, 0.25) is 0 Å². The van der Waals surface area contributed by atoms with Crippen LogP contribution >= 0.6 is 0 Å². The third kappa shape index (κ3) is 5.21. The van der Waals surface area contributed by atoms with E-state index in [0.29, 0.717) is 12.2 Å². The number of hydrogen-bond donors (Lipinski definition) is 0. The molecular weight excluding hydrogens is 203 g/mol. The Morgan fingerprint density at radius 2 is 2.00 bits per heavy atom. The first-order chi connectivity index (χ1) is 6.74. The van der Waals surface area contributed by atoms with E-state index in [0.717, 1.165) is 6.42 Å². The van der Waals surface area contributed by atoms with Crippen molar-refractivity contribution in [3.8, 4) is 5.75 Å². The van der Waals surface area contributed by atoms with E-state index in [2.05, 4.69) is 0 Å². The Bertz CT molecular complexity index is 287. The van der Waals surface area contributed by atoms with E-state index >= 15 is 0 Å². The van der Waals surface area contributed by atoms with Gasteiger partial charge in [0.2, 0.25) is 0 Å². The van der Waals surface area contributed by atoms with Gasteiger partial charge < -0.3 is 14.6 Å². The van der Waals surface area contributed by atoms with Crippen molar-refractivity contribution in [2.24, 2.45) is 0 Å². The number of ether oxygens (including phenoxy) is 1. The number of carboxylic acids is 1. The first kappa shape index (κ1) is 14.5. The van der Waals surface area contributed by atoms with Crippen LogP contribution in [-0.2, 0) is 4.79 Å². The third-order valence-electron chi connectivity index (χ3n) is 1.84. The molecule has 1 rings (SSSR count). The van der Waals surface area contributed by atoms with Crippen molar-refractivity contribution in [3.05, 3.63) is 30.3 Å². The maximum atomic E-state index is 10.7. The molecule has 0 fully saturated rings. The molecule has 0 saturated carbocycles. The number of carboxylic acid groups (broad SMARTS) is 1. The first-order valence-electron chi connectivity index (χ1n) is 4.66. The molecule has 0 radical (unpaired) electrons. The average molecular weight is 216 g/mol. The van der Waals surface area contributed by atoms with Gasteiger partial charge in [0, 0.05) is 0 Å². The Balaban J connectivity index is 0.00000196. The van der Waals surface area contributed by atoms with Gasteiger partial charge in [-0.2, -0.15) is 0 Å². The van der Waals surface area contributed by atoms with Crippen LogP contribution < -0.4 is 39.4 Å². The van der Waals surface area contributed by atoms with Gasteiger partial charge in [-0.3, -0.25) is 0 Å². The van der Waals surface area contributed by atoms with E-state index in [9.17, 15) is 9.90 Å². The molecule has 0 amide bonds. The standard InChI is InChI=1S/C11H14O3.Na/c1-2-6-10(11(12)13)14-9-7-4-3-5-8-9;/h3-5,7-8,10H,2,6H2,1H3,(H,12,13);/q;+1/p-1/t10-;/m0./s1. The van der Waals surface area contributed by atoms with E-state index in [-0.39, 0.29) is 29.6 Å². The minimum atomic E-state index is -1.16. The van der Waals surface area contributed by atoms with Crippen LogP contribution in [0.3, 0.4) is 0 Å². The van der Waals surface area contributed by atoms with Crippen molar-refractivity contribution in [1.82, 2.24) is 0 Å². The maximum Gasteiger partial charge on any atom is 1.00 e. The fourth-order valence-corrected chi connectivity index (χ4v) is 1.15. The van der Waals surface area contributed by atoms with E-state index < -0.39 is 12.1 Å². The molecule has 15 heavy (non-hydrogen) atoms. The Kier molecular flexibility index (Phi) is 7.48. The molecule has 0 bridgehead atoms. The number of benzene rings is 1. The van der Waals surface area contributed by atoms with Crippen LogP contribution in [0.25, 0.3) is 0 Å². The number of para-hydroxylation sites is 1. The molecule has 3 nitrogen and oxygen atoms in total. The summed E-state index contributed by atoms with van der Waals surface area (Å²) in [4.78, 5) is 10.7. The molecule has 0 aliphatic heterocycles. The Morgan fingerprint density at radius 1 is 1.40 bits per heavy atom. The molecule has 1 aromatic carbocycles. The van der Waals surface area contributed by atoms with Crippen molar-refractivity contribution in [3.63, 3.8) is 0 Å². The average Bonchev–Trinajstić information content (AvgIpc) is 2.18. The zero-order valence-corrected chi connectivity index (χ0v) is 11.1. The molecule has 4 heteroatoms. The molecule has 0 aliphatic carbocycles. The zero-order valence-electron chi connectivity index (χ0n) is 9.10. The van der Waals surface area contributed by atoms with Gasteiger partial charge in [0.15, 0.2) is 0 Å². The van der Waals surface area contributed by atoms with Crippen LogP contribution in [0.15, 0.2) is 30.3 Å². The summed E-state index contributed by atoms with van der Waals surface area (Å²) in [5.41, 5.74) is 0. The molecular formula is C11H13NaO3. The van der Waals surface area contributed by atoms with Crippen LogP contribution in [0, 0.1) is 0 Å². The molecule has 0 heterocycles. The summed E-state index contributed by atoms with van der Waals surface area (Å²) in [5, 5.41) is 10.7. The molecule has 0 aliphatic rings. The second-order valence-electron chi connectivity index (χ2n) is 3.03. The minimum absolute atomic E-state index is 0. The number of rotatable bonds is 5. The fraction of sp³-hybridized carbons (Fsp3) is 0.364. The normalized spacial score (nSPS) is 11.3. The molecule has 76 valence electrons. The second-order valence-corrected chi connectivity index (χ2v) is 3.03. The number of aliphatic carboxylic acids is 1. The SMILES string of the molecule is CCC[C@H](Oc1ccccc1)C(=O)[O-].[Na+]. The molecule has 0 saturated heterocycles. The van der Waals surface area contributed by atoms with Gasteiger partial charge in [0.05, 0.1) is 5.97 Å². The molecule has 0 N–H and O–H groups in total. The van der Waals surface area contributed by atoms with Crippen LogP contribution in [-0.4, -0.2) is 12.1 Å². The smallest absolute Gasteiger partial charge is 0.546 e. The predicted octanol–water partition coefficient (Wildman–Crippen LogP) is -2.01. The minimum Gasteiger partial charge on any atom is -0.546 e. The molecule has 0 unspecified atom stereocenters. The van der Waals surface area contributed by atoms with Gasteiger partial charge in [-0.1, -0.05) is 31.5 Å². The quantitative estimate of drug-likeness (QED) is 0.534. The van der Waals surface area contributed by atoms with Gasteiger partial charge in [-0.15, -0.1) is 0 Å². The van der Waals surface area contributed by atoms with E-state index in [1.807, 2.05) is 13.0 Å². The van der Waals surface area contributed by atoms with Crippen molar-refractivity contribution in [2.45, 2.75) is 25.9 Å². The van der Waals surface area contributed by atoms with E-state index in [4.69, 9.17) is 4.74 Å². The number of carbonyl (C=O) groups excluding carboxylic acids is 1. The van der Waals surface area contributed by atoms with Crippen molar-refractivity contribution >= 4 is 5.97 Å². The summed E-state index contributed by atoms with van der Waals surface area (Å²) >= 11 is 0. The van der Waals surface area contributed by atoms with Crippen molar-refractivity contribution in [1.29, 1.82) is 0 Å². The summed E-state index contributed by atoms with van der Waals surface area (Å²) < 4.78 is 5.25. The topological polar surface area (TPSA) is 49.4 Å². The fourth-order valence-electron chi connectivity index (χ4n) is 1.15. The van der Waals surface area contributed by atoms with Gasteiger partial charge in [0.1, 0.15) is 11.9 Å². The summed E-state index contributed by atoms with van der Waals surface area (Å²) in [6, 6.07) is 8.90. The maximum absolute atomic E-state index is 10.7. The third-order valence-corrected chi connectivity index (χ3v) is 1.84. The van der Waals surface area contributed by atoms with E-state index in [1.165, 1.54) is 0 Å². The Hall–Kier alpha value is -0.510. The summed E-state index contributed by atoms with van der Waals surface area (Å²) in [6.45, 7) is 1.91. The molecule has 1 atom stereocenters. The molecule has 1 aromatic rings. The van der Waals surface area contributed by atoms with Gasteiger partial charge in [0.25, 0.3) is 0 Å². The van der Waals surface area contributed by atoms with Crippen LogP contribution in [0.1, 0.15) is 19.8 Å². The summed E-state index contributed by atoms with van der Waals surface area (Å²) in [5.74, 6) is -0.592. The molecule has 0 spiro atoms. The zero-order chi connectivity index (χ0) is 10.4. The largest absolute Gasteiger partial charge is 1.00 e. The number of hydrogen-bond acceptors (Lipinski definition) is 3. The van der Waals surface area contributed by atoms with E-state index in [1.54, 1.807) is 24.3 Å². The summed E-state index contributed by atoms with van der Waals surface area (Å²) in [7, 11) is 0. The summed E-state index contributed by atoms with van der Waals surface area (Å²) in [6.07, 6.45) is 0.380. The Morgan fingerprint density at radius 3 is 2.47 bits per heavy atom. The van der Waals surface area contributed by atoms with Gasteiger partial charge in [-0.05, 0) is 18.6 Å². The Labute approximate surface area is 112 Å². The monoisotopic (exact) mass is 216 g/mol. The first-order valence-corrected chi connectivity index (χ1v) is 4.66. The molecule has 0 aromatic heterocycles.